The van der Waals surface area contributed by atoms with Gasteiger partial charge >= 0.3 is 0 Å². The number of amides is 1. The smallest absolute Gasteiger partial charge is 0.216 e. The third-order valence-electron chi connectivity index (χ3n) is 6.59. The Labute approximate surface area is 281 Å². The lowest BCUT2D eigenvalue weighted by atomic mass is 9.85. The number of nitrogens with zero attached hydrogens (tertiary/aromatic N) is 3. The summed E-state index contributed by atoms with van der Waals surface area (Å²) in [4.78, 5) is 21.2. The quantitative estimate of drug-likeness (QED) is 0.258. The molecular formula is C39H74N4O2. The van der Waals surface area contributed by atoms with Gasteiger partial charge in [-0.25, -0.2) is 0 Å². The van der Waals surface area contributed by atoms with E-state index >= 15 is 0 Å². The Morgan fingerprint density at radius 2 is 1.69 bits per heavy atom. The van der Waals surface area contributed by atoms with E-state index in [-0.39, 0.29) is 5.91 Å². The zero-order valence-electron chi connectivity index (χ0n) is 32.7. The summed E-state index contributed by atoms with van der Waals surface area (Å²) < 4.78 is 5.48. The van der Waals surface area contributed by atoms with Gasteiger partial charge in [-0.3, -0.25) is 14.8 Å². The molecule has 0 saturated heterocycles. The summed E-state index contributed by atoms with van der Waals surface area (Å²) in [5.74, 6) is 2.62. The topological polar surface area (TPSA) is 66.3 Å². The first-order valence-electron chi connectivity index (χ1n) is 17.3. The van der Waals surface area contributed by atoms with Crippen LogP contribution in [-0.2, 0) is 9.53 Å². The summed E-state index contributed by atoms with van der Waals surface area (Å²) in [5, 5.41) is 2.70. The predicted octanol–water partition coefficient (Wildman–Crippen LogP) is 10.3. The molecule has 6 nitrogen and oxygen atoms in total. The zero-order chi connectivity index (χ0) is 35.8. The van der Waals surface area contributed by atoms with E-state index in [1.54, 1.807) is 7.11 Å². The number of unbranched alkanes of at least 4 members (excludes halogenated alkanes) is 1. The van der Waals surface area contributed by atoms with E-state index in [4.69, 9.17) is 4.74 Å². The van der Waals surface area contributed by atoms with Crippen LogP contribution in [0.15, 0.2) is 69.0 Å². The molecule has 0 aromatic carbocycles. The number of carbonyl (C=O) groups excluding carboxylic acids is 1. The van der Waals surface area contributed by atoms with Crippen molar-refractivity contribution in [3.63, 3.8) is 0 Å². The van der Waals surface area contributed by atoms with Gasteiger partial charge in [0.25, 0.3) is 0 Å². The van der Waals surface area contributed by atoms with Crippen LogP contribution < -0.4 is 5.32 Å². The minimum Gasteiger partial charge on any atom is -0.501 e. The number of carbonyl (C=O) groups is 1. The fraction of sp³-hybridized carbons (Fsp3) is 0.667. The molecule has 2 atom stereocenters. The standard InChI is InChI=1S/C16H25NO.C9H13N.C6H14N2O.C4H10.2C2H6/c1-7-12(4)17-15(8-2)14-9-11(3)13(5)16(10-14)18-6;1-8(2)9-5-3-4-6-10-7-9;1-6(9)7-4-5-8(2)3;1-3-4-2;2*1-2/h7,9-11,13H,8H2,1-6H3;3-5,7-8H,6H2,1-2H3;4-5H2,1-3H3,(H,7,9);3-4H2,1-2H3;2*1-2H3/b12-7-,17-15?;;;;;. The number of ether oxygens (including phenoxy) is 1. The molecule has 0 aromatic rings. The Morgan fingerprint density at radius 1 is 1.11 bits per heavy atom. The van der Waals surface area contributed by atoms with Gasteiger partial charge in [0.2, 0.25) is 5.91 Å². The molecule has 0 aromatic heterocycles. The molecule has 0 spiro atoms. The van der Waals surface area contributed by atoms with Crippen molar-refractivity contribution in [1.82, 2.24) is 10.2 Å². The zero-order valence-corrected chi connectivity index (χ0v) is 32.7. The van der Waals surface area contributed by atoms with Crippen molar-refractivity contribution in [3.8, 4) is 0 Å². The highest BCUT2D eigenvalue weighted by atomic mass is 16.5. The van der Waals surface area contributed by atoms with E-state index in [9.17, 15) is 4.79 Å². The van der Waals surface area contributed by atoms with E-state index < -0.39 is 0 Å². The van der Waals surface area contributed by atoms with Crippen molar-refractivity contribution in [2.75, 3.05) is 40.8 Å². The lowest BCUT2D eigenvalue weighted by Crippen LogP contribution is -2.29. The number of nitrogens with one attached hydrogen (secondary N) is 1. The first kappa shape index (κ1) is 49.2. The number of hydrogen-bond donors (Lipinski definition) is 1. The van der Waals surface area contributed by atoms with Gasteiger partial charge in [0.1, 0.15) is 0 Å². The van der Waals surface area contributed by atoms with E-state index in [1.165, 1.54) is 30.9 Å². The molecule has 2 aliphatic rings. The van der Waals surface area contributed by atoms with Gasteiger partial charge in [-0.2, -0.15) is 0 Å². The van der Waals surface area contributed by atoms with Crippen molar-refractivity contribution in [2.24, 2.45) is 27.7 Å². The SMILES string of the molecule is C/C=C(/C)N=C(CC)C1=CC(C)C(C)C(OC)=C1.CC.CC.CC(=O)NCCN(C)C.CC(C)C1=CC=CCN=C1.CCCC. The Kier molecular flexibility index (Phi) is 37.3. The second kappa shape index (κ2) is 34.1. The number of rotatable bonds is 9. The molecule has 262 valence electrons. The van der Waals surface area contributed by atoms with Crippen molar-refractivity contribution in [2.45, 2.75) is 116 Å². The molecule has 0 fully saturated rings. The minimum atomic E-state index is 0.0388. The van der Waals surface area contributed by atoms with Gasteiger partial charge in [-0.1, -0.05) is 119 Å². The summed E-state index contributed by atoms with van der Waals surface area (Å²) in [6.45, 7) is 31.3. The number of allylic oxidation sites excluding steroid dienone is 9. The highest BCUT2D eigenvalue weighted by molar-refractivity contribution is 6.03. The largest absolute Gasteiger partial charge is 0.501 e. The summed E-state index contributed by atoms with van der Waals surface area (Å²) >= 11 is 0. The first-order chi connectivity index (χ1) is 21.4. The Hall–Kier alpha value is -2.73. The Bertz CT molecular complexity index is 933. The number of hydrogen-bond acceptors (Lipinski definition) is 5. The molecule has 0 radical (unpaired) electrons. The highest BCUT2D eigenvalue weighted by Gasteiger charge is 2.22. The van der Waals surface area contributed by atoms with Gasteiger partial charge in [0.05, 0.1) is 19.4 Å². The van der Waals surface area contributed by atoms with Crippen LogP contribution in [0.2, 0.25) is 0 Å². The Balaban J connectivity index is -0.000000265. The maximum absolute atomic E-state index is 10.3. The monoisotopic (exact) mass is 631 g/mol. The molecular weight excluding hydrogens is 556 g/mol. The van der Waals surface area contributed by atoms with Crippen LogP contribution in [0.25, 0.3) is 0 Å². The van der Waals surface area contributed by atoms with Crippen LogP contribution in [0.1, 0.15) is 116 Å². The number of methoxy groups -OCH3 is 1. The number of likely N-dealkylation sites (N-methyl/N-ethyl adjacent to an activating group) is 1. The summed E-state index contributed by atoms with van der Waals surface area (Å²) in [5.41, 5.74) is 4.72. The molecule has 2 rings (SSSR count). The van der Waals surface area contributed by atoms with Gasteiger partial charge in [0, 0.05) is 43.6 Å². The van der Waals surface area contributed by atoms with Gasteiger partial charge in [-0.05, 0) is 63.4 Å². The molecule has 1 amide bonds. The van der Waals surface area contributed by atoms with E-state index in [0.29, 0.717) is 17.8 Å². The number of aliphatic imine (C=N–C) groups is 2. The Morgan fingerprint density at radius 3 is 2.11 bits per heavy atom. The fourth-order valence-corrected chi connectivity index (χ4v) is 3.37. The molecule has 1 N–H and O–H groups in total. The maximum Gasteiger partial charge on any atom is 0.216 e. The minimum absolute atomic E-state index is 0.0388. The lowest BCUT2D eigenvalue weighted by molar-refractivity contribution is -0.118. The molecule has 1 heterocycles. The third kappa shape index (κ3) is 28.5. The van der Waals surface area contributed by atoms with Crippen molar-refractivity contribution in [3.05, 3.63) is 59.1 Å². The maximum atomic E-state index is 10.3. The van der Waals surface area contributed by atoms with E-state index in [1.807, 2.05) is 72.8 Å². The van der Waals surface area contributed by atoms with Gasteiger partial charge in [0.15, 0.2) is 0 Å². The lowest BCUT2D eigenvalue weighted by Gasteiger charge is -2.25. The summed E-state index contributed by atoms with van der Waals surface area (Å²) in [6.07, 6.45) is 18.3. The molecule has 2 unspecified atom stereocenters. The normalized spacial score (nSPS) is 17.0. The van der Waals surface area contributed by atoms with E-state index in [2.05, 4.69) is 94.1 Å². The van der Waals surface area contributed by atoms with E-state index in [0.717, 1.165) is 43.2 Å². The molecule has 0 bridgehead atoms. The van der Waals surface area contributed by atoms with Crippen LogP contribution in [0.5, 0.6) is 0 Å². The van der Waals surface area contributed by atoms with Crippen molar-refractivity contribution >= 4 is 17.8 Å². The van der Waals surface area contributed by atoms with Crippen LogP contribution in [-0.4, -0.2) is 63.6 Å². The average Bonchev–Trinajstić information content (AvgIpc) is 3.33. The average molecular weight is 631 g/mol. The molecule has 0 saturated carbocycles. The molecule has 6 heteroatoms. The third-order valence-corrected chi connectivity index (χ3v) is 6.59. The van der Waals surface area contributed by atoms with Crippen molar-refractivity contribution in [1.29, 1.82) is 0 Å². The summed E-state index contributed by atoms with van der Waals surface area (Å²) in [7, 11) is 5.70. The van der Waals surface area contributed by atoms with Crippen LogP contribution in [0, 0.1) is 17.8 Å². The van der Waals surface area contributed by atoms with Crippen LogP contribution in [0.3, 0.4) is 0 Å². The highest BCUT2D eigenvalue weighted by Crippen LogP contribution is 2.30. The van der Waals surface area contributed by atoms with Crippen LogP contribution in [0.4, 0.5) is 0 Å². The predicted molar refractivity (Wildman–Crippen MR) is 205 cm³/mol. The second-order valence-electron chi connectivity index (χ2n) is 10.9. The molecule has 1 aliphatic carbocycles. The summed E-state index contributed by atoms with van der Waals surface area (Å²) in [6, 6.07) is 0. The van der Waals surface area contributed by atoms with Gasteiger partial charge < -0.3 is 15.0 Å². The van der Waals surface area contributed by atoms with Crippen molar-refractivity contribution < 1.29 is 9.53 Å². The molecule has 1 aliphatic heterocycles. The first-order valence-corrected chi connectivity index (χ1v) is 17.3. The second-order valence-corrected chi connectivity index (χ2v) is 10.9. The fourth-order valence-electron chi connectivity index (χ4n) is 3.37. The van der Waals surface area contributed by atoms with Crippen LogP contribution >= 0.6 is 0 Å². The molecule has 45 heavy (non-hydrogen) atoms. The van der Waals surface area contributed by atoms with Gasteiger partial charge in [-0.15, -0.1) is 0 Å².